The molecule has 0 atom stereocenters. The zero-order valence-corrected chi connectivity index (χ0v) is 8.56. The lowest BCUT2D eigenvalue weighted by Gasteiger charge is -2.04. The van der Waals surface area contributed by atoms with E-state index in [2.05, 4.69) is 5.10 Å². The maximum absolute atomic E-state index is 12.3. The van der Waals surface area contributed by atoms with Crippen LogP contribution >= 0.6 is 22.6 Å². The highest BCUT2D eigenvalue weighted by molar-refractivity contribution is 14.1. The van der Waals surface area contributed by atoms with Crippen LogP contribution in [0.1, 0.15) is 11.3 Å². The van der Waals surface area contributed by atoms with E-state index >= 15 is 0 Å². The molecule has 0 saturated heterocycles. The Labute approximate surface area is 80.9 Å². The monoisotopic (exact) mass is 290 g/mol. The molecule has 0 aliphatic heterocycles. The van der Waals surface area contributed by atoms with E-state index in [-0.39, 0.29) is 9.39 Å². The molecule has 12 heavy (non-hydrogen) atoms. The van der Waals surface area contributed by atoms with Crippen LogP contribution in [0.3, 0.4) is 0 Å². The molecule has 1 rings (SSSR count). The third-order valence-electron chi connectivity index (χ3n) is 1.44. The zero-order valence-electron chi connectivity index (χ0n) is 6.41. The topological polar surface area (TPSA) is 17.8 Å². The van der Waals surface area contributed by atoms with Crippen molar-refractivity contribution in [2.45, 2.75) is 13.1 Å². The minimum Gasteiger partial charge on any atom is -0.262 e. The Morgan fingerprint density at radius 3 is 2.08 bits per heavy atom. The molecule has 0 N–H and O–H groups in total. The molecule has 0 aromatic carbocycles. The number of hydrogen-bond donors (Lipinski definition) is 0. The molecule has 6 heteroatoms. The van der Waals surface area contributed by atoms with Crippen LogP contribution < -0.4 is 0 Å². The van der Waals surface area contributed by atoms with Gasteiger partial charge >= 0.3 is 6.18 Å². The summed E-state index contributed by atoms with van der Waals surface area (Å²) in [6.07, 6.45) is -4.30. The van der Waals surface area contributed by atoms with Crippen LogP contribution in [0.2, 0.25) is 0 Å². The van der Waals surface area contributed by atoms with Gasteiger partial charge in [0.2, 0.25) is 0 Å². The van der Waals surface area contributed by atoms with Crippen LogP contribution in [0.5, 0.6) is 0 Å². The molecule has 1 aromatic rings. The van der Waals surface area contributed by atoms with Crippen LogP contribution in [0.4, 0.5) is 13.2 Å². The molecule has 0 aliphatic carbocycles. The van der Waals surface area contributed by atoms with Crippen molar-refractivity contribution in [3.05, 3.63) is 15.0 Å². The third kappa shape index (κ3) is 1.57. The molecule has 68 valence electrons. The smallest absolute Gasteiger partial charge is 0.262 e. The standard InChI is InChI=1S/C6H6F3IN2/c1-3-4(6(7,8)9)5(10)12(2)11-3/h1-2H3. The Balaban J connectivity index is 3.32. The van der Waals surface area contributed by atoms with E-state index in [1.807, 2.05) is 0 Å². The summed E-state index contributed by atoms with van der Waals surface area (Å²) in [5.41, 5.74) is -0.611. The first-order chi connectivity index (χ1) is 5.34. The van der Waals surface area contributed by atoms with E-state index in [1.54, 1.807) is 22.6 Å². The highest BCUT2D eigenvalue weighted by Crippen LogP contribution is 2.34. The molecule has 0 bridgehead atoms. The molecule has 0 fully saturated rings. The molecule has 1 heterocycles. The fourth-order valence-electron chi connectivity index (χ4n) is 0.952. The lowest BCUT2D eigenvalue weighted by atomic mass is 10.3. The van der Waals surface area contributed by atoms with Gasteiger partial charge in [-0.1, -0.05) is 0 Å². The largest absolute Gasteiger partial charge is 0.420 e. The van der Waals surface area contributed by atoms with Crippen molar-refractivity contribution in [1.29, 1.82) is 0 Å². The molecule has 0 unspecified atom stereocenters. The fourth-order valence-corrected chi connectivity index (χ4v) is 1.76. The fraction of sp³-hybridized carbons (Fsp3) is 0.500. The predicted molar refractivity (Wildman–Crippen MR) is 45.7 cm³/mol. The van der Waals surface area contributed by atoms with Crippen LogP contribution in [0, 0.1) is 10.6 Å². The Hall–Kier alpha value is -0.270. The summed E-state index contributed by atoms with van der Waals surface area (Å²) in [4.78, 5) is 0. The van der Waals surface area contributed by atoms with E-state index in [9.17, 15) is 13.2 Å². The Morgan fingerprint density at radius 2 is 1.92 bits per heavy atom. The normalized spacial score (nSPS) is 12.2. The summed E-state index contributed by atoms with van der Waals surface area (Å²) in [5, 5.41) is 3.67. The van der Waals surface area contributed by atoms with Crippen LogP contribution in [-0.2, 0) is 13.2 Å². The summed E-state index contributed by atoms with van der Waals surface area (Å²) < 4.78 is 38.1. The maximum Gasteiger partial charge on any atom is 0.420 e. The molecule has 0 saturated carbocycles. The zero-order chi connectivity index (χ0) is 9.52. The van der Waals surface area contributed by atoms with Crippen LogP contribution in [-0.4, -0.2) is 9.78 Å². The SMILES string of the molecule is Cc1nn(C)c(I)c1C(F)(F)F. The van der Waals surface area contributed by atoms with Gasteiger partial charge in [0, 0.05) is 7.05 Å². The van der Waals surface area contributed by atoms with Crippen LogP contribution in [0.15, 0.2) is 0 Å². The van der Waals surface area contributed by atoms with Gasteiger partial charge in [-0.2, -0.15) is 18.3 Å². The molecule has 0 aliphatic rings. The third-order valence-corrected chi connectivity index (χ3v) is 2.67. The minimum absolute atomic E-state index is 0.0226. The van der Waals surface area contributed by atoms with Gasteiger partial charge in [0.25, 0.3) is 0 Å². The molecule has 0 amide bonds. The lowest BCUT2D eigenvalue weighted by molar-refractivity contribution is -0.138. The average Bonchev–Trinajstić information content (AvgIpc) is 2.05. The first-order valence-electron chi connectivity index (χ1n) is 3.10. The molecular formula is C6H6F3IN2. The Bertz CT molecular complexity index is 302. The molecule has 0 radical (unpaired) electrons. The second-order valence-corrected chi connectivity index (χ2v) is 3.39. The number of alkyl halides is 3. The van der Waals surface area contributed by atoms with Gasteiger partial charge in [-0.3, -0.25) is 4.68 Å². The van der Waals surface area contributed by atoms with Gasteiger partial charge in [0.15, 0.2) is 0 Å². The first-order valence-corrected chi connectivity index (χ1v) is 4.18. The van der Waals surface area contributed by atoms with Crippen molar-refractivity contribution < 1.29 is 13.2 Å². The average molecular weight is 290 g/mol. The summed E-state index contributed by atoms with van der Waals surface area (Å²) in [6, 6.07) is 0. The van der Waals surface area contributed by atoms with Gasteiger partial charge in [-0.05, 0) is 29.5 Å². The first kappa shape index (κ1) is 9.82. The molecule has 2 nitrogen and oxygen atoms in total. The highest BCUT2D eigenvalue weighted by Gasteiger charge is 2.37. The summed E-state index contributed by atoms with van der Waals surface area (Å²) in [7, 11) is 1.49. The second-order valence-electron chi connectivity index (χ2n) is 2.37. The lowest BCUT2D eigenvalue weighted by Crippen LogP contribution is -2.08. The van der Waals surface area contributed by atoms with Crippen molar-refractivity contribution in [1.82, 2.24) is 9.78 Å². The second kappa shape index (κ2) is 2.90. The number of nitrogens with zero attached hydrogens (tertiary/aromatic N) is 2. The number of hydrogen-bond acceptors (Lipinski definition) is 1. The van der Waals surface area contributed by atoms with Crippen molar-refractivity contribution in [2.75, 3.05) is 0 Å². The quantitative estimate of drug-likeness (QED) is 0.671. The van der Waals surface area contributed by atoms with Crippen molar-refractivity contribution in [3.8, 4) is 0 Å². The minimum atomic E-state index is -4.30. The Morgan fingerprint density at radius 1 is 1.42 bits per heavy atom. The van der Waals surface area contributed by atoms with Gasteiger partial charge in [-0.25, -0.2) is 0 Å². The molecule has 1 aromatic heterocycles. The number of aryl methyl sites for hydroxylation is 2. The highest BCUT2D eigenvalue weighted by atomic mass is 127. The Kier molecular flexibility index (Phi) is 2.37. The predicted octanol–water partition coefficient (Wildman–Crippen LogP) is 2.35. The molecular weight excluding hydrogens is 284 g/mol. The summed E-state index contributed by atoms with van der Waals surface area (Å²) in [6.45, 7) is 1.35. The van der Waals surface area contributed by atoms with E-state index in [4.69, 9.17) is 0 Å². The van der Waals surface area contributed by atoms with E-state index in [0.717, 1.165) is 0 Å². The summed E-state index contributed by atoms with van der Waals surface area (Å²) in [5.74, 6) is 0. The van der Waals surface area contributed by atoms with Crippen molar-refractivity contribution in [3.63, 3.8) is 0 Å². The number of aromatic nitrogens is 2. The van der Waals surface area contributed by atoms with E-state index in [0.29, 0.717) is 0 Å². The number of halogens is 4. The van der Waals surface area contributed by atoms with Crippen molar-refractivity contribution in [2.24, 2.45) is 7.05 Å². The van der Waals surface area contributed by atoms with Crippen molar-refractivity contribution >= 4 is 22.6 Å². The molecule has 0 spiro atoms. The van der Waals surface area contributed by atoms with E-state index in [1.165, 1.54) is 18.7 Å². The van der Waals surface area contributed by atoms with Gasteiger partial charge in [-0.15, -0.1) is 0 Å². The number of rotatable bonds is 0. The summed E-state index contributed by atoms with van der Waals surface area (Å²) >= 11 is 1.63. The van der Waals surface area contributed by atoms with E-state index < -0.39 is 11.7 Å². The van der Waals surface area contributed by atoms with Gasteiger partial charge in [0.1, 0.15) is 9.26 Å². The maximum atomic E-state index is 12.3. The van der Waals surface area contributed by atoms with Gasteiger partial charge in [0.05, 0.1) is 5.69 Å². The van der Waals surface area contributed by atoms with Crippen LogP contribution in [0.25, 0.3) is 0 Å². The van der Waals surface area contributed by atoms with Gasteiger partial charge < -0.3 is 0 Å².